The van der Waals surface area contributed by atoms with Crippen molar-refractivity contribution in [2.75, 3.05) is 7.11 Å². The number of benzene rings is 2. The highest BCUT2D eigenvalue weighted by Crippen LogP contribution is 2.29. The van der Waals surface area contributed by atoms with Crippen molar-refractivity contribution in [1.82, 2.24) is 0 Å². The van der Waals surface area contributed by atoms with Gasteiger partial charge in [0.25, 0.3) is 0 Å². The fourth-order valence-corrected chi connectivity index (χ4v) is 3.23. The molecule has 0 aliphatic heterocycles. The summed E-state index contributed by atoms with van der Waals surface area (Å²) in [7, 11) is 1.58. The summed E-state index contributed by atoms with van der Waals surface area (Å²) in [6.45, 7) is 3.81. The third-order valence-corrected chi connectivity index (χ3v) is 4.08. The van der Waals surface area contributed by atoms with Crippen molar-refractivity contribution in [2.24, 2.45) is 0 Å². The second-order valence-electron chi connectivity index (χ2n) is 4.61. The van der Waals surface area contributed by atoms with E-state index in [1.165, 1.54) is 0 Å². The topological polar surface area (TPSA) is 35.5 Å². The number of rotatable bonds is 3. The number of carbonyl (C=O) groups is 1. The predicted octanol–water partition coefficient (Wildman–Crippen LogP) is 5.06. The molecule has 2 aromatic carbocycles. The van der Waals surface area contributed by atoms with E-state index >= 15 is 0 Å². The first kappa shape index (κ1) is 16.0. The molecular formula is C16H14Br2O3. The van der Waals surface area contributed by atoms with Crippen LogP contribution in [0.4, 0.5) is 0 Å². The van der Waals surface area contributed by atoms with Gasteiger partial charge in [0, 0.05) is 4.47 Å². The van der Waals surface area contributed by atoms with Gasteiger partial charge < -0.3 is 9.47 Å². The number of ether oxygens (including phenoxy) is 2. The van der Waals surface area contributed by atoms with E-state index in [2.05, 4.69) is 31.9 Å². The lowest BCUT2D eigenvalue weighted by Crippen LogP contribution is -2.10. The first-order valence-electron chi connectivity index (χ1n) is 6.25. The zero-order chi connectivity index (χ0) is 15.6. The standard InChI is InChI=1S/C16H14Br2O3/c1-9-6-12(17)7-10(2)15(9)21-16(19)11-4-5-14(20-3)13(18)8-11/h4-8H,1-3H3. The average molecular weight is 414 g/mol. The fourth-order valence-electron chi connectivity index (χ4n) is 2.00. The Labute approximate surface area is 140 Å². The number of methoxy groups -OCH3 is 1. The summed E-state index contributed by atoms with van der Waals surface area (Å²) in [5.74, 6) is 0.865. The van der Waals surface area contributed by atoms with E-state index in [4.69, 9.17) is 9.47 Å². The van der Waals surface area contributed by atoms with Gasteiger partial charge in [-0.3, -0.25) is 0 Å². The molecule has 0 saturated carbocycles. The van der Waals surface area contributed by atoms with Crippen LogP contribution in [0.3, 0.4) is 0 Å². The van der Waals surface area contributed by atoms with E-state index in [1.54, 1.807) is 25.3 Å². The Kier molecular flexibility index (Phi) is 5.06. The molecule has 0 aliphatic rings. The minimum absolute atomic E-state index is 0.396. The maximum Gasteiger partial charge on any atom is 0.343 e. The summed E-state index contributed by atoms with van der Waals surface area (Å²) >= 11 is 6.78. The first-order valence-corrected chi connectivity index (χ1v) is 7.83. The quantitative estimate of drug-likeness (QED) is 0.521. The Bertz CT molecular complexity index is 673. The zero-order valence-electron chi connectivity index (χ0n) is 11.9. The summed E-state index contributed by atoms with van der Waals surface area (Å²) in [5.41, 5.74) is 2.27. The average Bonchev–Trinajstić information content (AvgIpc) is 2.42. The maximum atomic E-state index is 12.3. The van der Waals surface area contributed by atoms with E-state index < -0.39 is 5.97 Å². The maximum absolute atomic E-state index is 12.3. The highest BCUT2D eigenvalue weighted by molar-refractivity contribution is 9.10. The van der Waals surface area contributed by atoms with E-state index in [0.717, 1.165) is 15.6 Å². The molecule has 2 aromatic rings. The highest BCUT2D eigenvalue weighted by atomic mass is 79.9. The minimum atomic E-state index is -0.396. The lowest BCUT2D eigenvalue weighted by Gasteiger charge is -2.12. The van der Waals surface area contributed by atoms with Gasteiger partial charge in [0.2, 0.25) is 0 Å². The van der Waals surface area contributed by atoms with Gasteiger partial charge >= 0.3 is 5.97 Å². The van der Waals surface area contributed by atoms with Crippen LogP contribution < -0.4 is 9.47 Å². The lowest BCUT2D eigenvalue weighted by atomic mass is 10.1. The van der Waals surface area contributed by atoms with Gasteiger partial charge in [0.15, 0.2) is 0 Å². The molecule has 0 radical (unpaired) electrons. The van der Waals surface area contributed by atoms with Gasteiger partial charge in [0.05, 0.1) is 17.1 Å². The fraction of sp³-hybridized carbons (Fsp3) is 0.188. The molecule has 0 atom stereocenters. The number of hydrogen-bond donors (Lipinski definition) is 0. The molecule has 5 heteroatoms. The van der Waals surface area contributed by atoms with Crippen LogP contribution in [0.2, 0.25) is 0 Å². The van der Waals surface area contributed by atoms with Crippen LogP contribution in [-0.2, 0) is 0 Å². The number of aryl methyl sites for hydroxylation is 2. The molecule has 0 unspecified atom stereocenters. The van der Waals surface area contributed by atoms with Crippen molar-refractivity contribution in [3.05, 3.63) is 56.0 Å². The molecule has 0 N–H and O–H groups in total. The predicted molar refractivity (Wildman–Crippen MR) is 89.3 cm³/mol. The van der Waals surface area contributed by atoms with Crippen molar-refractivity contribution in [2.45, 2.75) is 13.8 Å². The van der Waals surface area contributed by atoms with Gasteiger partial charge in [0.1, 0.15) is 11.5 Å². The van der Waals surface area contributed by atoms with E-state index in [9.17, 15) is 4.79 Å². The van der Waals surface area contributed by atoms with E-state index in [1.807, 2.05) is 26.0 Å². The van der Waals surface area contributed by atoms with Crippen molar-refractivity contribution in [1.29, 1.82) is 0 Å². The summed E-state index contributed by atoms with van der Waals surface area (Å²) in [5, 5.41) is 0. The van der Waals surface area contributed by atoms with Crippen LogP contribution in [0.1, 0.15) is 21.5 Å². The third kappa shape index (κ3) is 3.66. The monoisotopic (exact) mass is 412 g/mol. The van der Waals surface area contributed by atoms with Crippen LogP contribution in [0.15, 0.2) is 39.3 Å². The Morgan fingerprint density at radius 3 is 2.19 bits per heavy atom. The minimum Gasteiger partial charge on any atom is -0.496 e. The summed E-state index contributed by atoms with van der Waals surface area (Å²) in [4.78, 5) is 12.3. The Balaban J connectivity index is 2.28. The molecule has 0 heterocycles. The second kappa shape index (κ2) is 6.62. The van der Waals surface area contributed by atoms with Crippen LogP contribution in [0.25, 0.3) is 0 Å². The summed E-state index contributed by atoms with van der Waals surface area (Å²) in [6.07, 6.45) is 0. The molecule has 110 valence electrons. The van der Waals surface area contributed by atoms with Crippen LogP contribution in [0.5, 0.6) is 11.5 Å². The van der Waals surface area contributed by atoms with Crippen molar-refractivity contribution in [3.63, 3.8) is 0 Å². The van der Waals surface area contributed by atoms with Crippen molar-refractivity contribution >= 4 is 37.8 Å². The molecule has 3 nitrogen and oxygen atoms in total. The SMILES string of the molecule is COc1ccc(C(=O)Oc2c(C)cc(Br)cc2C)cc1Br. The first-order chi connectivity index (χ1) is 9.92. The van der Waals surface area contributed by atoms with Crippen molar-refractivity contribution in [3.8, 4) is 11.5 Å². The van der Waals surface area contributed by atoms with E-state index in [-0.39, 0.29) is 0 Å². The molecular weight excluding hydrogens is 400 g/mol. The number of hydrogen-bond acceptors (Lipinski definition) is 3. The van der Waals surface area contributed by atoms with Gasteiger partial charge in [-0.25, -0.2) is 4.79 Å². The highest BCUT2D eigenvalue weighted by Gasteiger charge is 2.14. The largest absolute Gasteiger partial charge is 0.496 e. The molecule has 0 aliphatic carbocycles. The normalized spacial score (nSPS) is 10.3. The molecule has 0 aromatic heterocycles. The molecule has 0 amide bonds. The molecule has 0 bridgehead atoms. The van der Waals surface area contributed by atoms with Crippen molar-refractivity contribution < 1.29 is 14.3 Å². The molecule has 0 fully saturated rings. The van der Waals surface area contributed by atoms with E-state index in [0.29, 0.717) is 21.5 Å². The lowest BCUT2D eigenvalue weighted by molar-refractivity contribution is 0.0732. The molecule has 21 heavy (non-hydrogen) atoms. The van der Waals surface area contributed by atoms with Gasteiger partial charge in [-0.1, -0.05) is 15.9 Å². The smallest absolute Gasteiger partial charge is 0.343 e. The van der Waals surface area contributed by atoms with Crippen LogP contribution in [0, 0.1) is 13.8 Å². The molecule has 0 spiro atoms. The second-order valence-corrected chi connectivity index (χ2v) is 6.38. The number of esters is 1. The van der Waals surface area contributed by atoms with Gasteiger partial charge in [-0.15, -0.1) is 0 Å². The van der Waals surface area contributed by atoms with Gasteiger partial charge in [-0.05, 0) is 71.2 Å². The summed E-state index contributed by atoms with van der Waals surface area (Å²) < 4.78 is 12.3. The zero-order valence-corrected chi connectivity index (χ0v) is 15.0. The molecule has 0 saturated heterocycles. The Morgan fingerprint density at radius 2 is 1.67 bits per heavy atom. The molecule has 2 rings (SSSR count). The van der Waals surface area contributed by atoms with Crippen LogP contribution >= 0.6 is 31.9 Å². The summed E-state index contributed by atoms with van der Waals surface area (Å²) in [6, 6.07) is 8.92. The Hall–Kier alpha value is -1.33. The number of carbonyl (C=O) groups excluding carboxylic acids is 1. The van der Waals surface area contributed by atoms with Gasteiger partial charge in [-0.2, -0.15) is 0 Å². The number of halogens is 2. The van der Waals surface area contributed by atoms with Crippen LogP contribution in [-0.4, -0.2) is 13.1 Å². The Morgan fingerprint density at radius 1 is 1.05 bits per heavy atom. The third-order valence-electron chi connectivity index (χ3n) is 3.01.